The van der Waals surface area contributed by atoms with Gasteiger partial charge in [0.1, 0.15) is 17.2 Å². The Labute approximate surface area is 320 Å². The number of carbonyl (C=O) groups is 1. The third kappa shape index (κ3) is 9.64. The average Bonchev–Trinajstić information content (AvgIpc) is 3.19. The topological polar surface area (TPSA) is 120 Å². The van der Waals surface area contributed by atoms with Crippen LogP contribution in [0.15, 0.2) is 121 Å². The van der Waals surface area contributed by atoms with Crippen molar-refractivity contribution in [3.05, 3.63) is 166 Å². The second-order valence-electron chi connectivity index (χ2n) is 12.9. The van der Waals surface area contributed by atoms with Crippen LogP contribution in [0.4, 0.5) is 11.9 Å². The van der Waals surface area contributed by atoms with Gasteiger partial charge in [-0.15, -0.1) is 0 Å². The van der Waals surface area contributed by atoms with E-state index < -0.39 is 6.04 Å². The zero-order chi connectivity index (χ0) is 38.0. The fraction of sp³-hybridized carbons (Fsp3) is 0.209. The largest absolute Gasteiger partial charge is 0.497 e. The first kappa shape index (κ1) is 37.6. The van der Waals surface area contributed by atoms with E-state index in [1.165, 1.54) is 0 Å². The first-order valence-corrected chi connectivity index (χ1v) is 17.9. The number of methoxy groups -OCH3 is 2. The molecule has 54 heavy (non-hydrogen) atoms. The number of rotatable bonds is 15. The number of benzene rings is 5. The molecule has 0 saturated carbocycles. The van der Waals surface area contributed by atoms with Gasteiger partial charge in [-0.3, -0.25) is 4.79 Å². The molecule has 0 spiro atoms. The lowest BCUT2D eigenvalue weighted by molar-refractivity contribution is -0.123. The summed E-state index contributed by atoms with van der Waals surface area (Å²) in [5.41, 5.74) is 6.99. The van der Waals surface area contributed by atoms with E-state index in [0.29, 0.717) is 23.2 Å². The minimum Gasteiger partial charge on any atom is -0.497 e. The van der Waals surface area contributed by atoms with Crippen molar-refractivity contribution in [2.24, 2.45) is 0 Å². The van der Waals surface area contributed by atoms with Gasteiger partial charge in [0.15, 0.2) is 6.61 Å². The normalized spacial score (nSPS) is 12.1. The lowest BCUT2D eigenvalue weighted by atomic mass is 9.97. The molecule has 0 radical (unpaired) electrons. The Bertz CT molecular complexity index is 2100. The summed E-state index contributed by atoms with van der Waals surface area (Å²) in [5, 5.41) is 9.94. The van der Waals surface area contributed by atoms with Crippen molar-refractivity contribution in [2.45, 2.75) is 38.9 Å². The van der Waals surface area contributed by atoms with E-state index in [0.717, 1.165) is 38.9 Å². The van der Waals surface area contributed by atoms with Crippen molar-refractivity contribution in [1.82, 2.24) is 20.3 Å². The minimum atomic E-state index is -0.495. The molecule has 0 aliphatic heterocycles. The van der Waals surface area contributed by atoms with E-state index in [1.807, 2.05) is 142 Å². The van der Waals surface area contributed by atoms with E-state index in [2.05, 4.69) is 30.9 Å². The Morgan fingerprint density at radius 2 is 1.20 bits per heavy atom. The highest BCUT2D eigenvalue weighted by atomic mass is 35.5. The molecule has 1 amide bonds. The van der Waals surface area contributed by atoms with E-state index >= 15 is 0 Å². The standard InChI is InChI=1S/C43H43ClN6O4/c1-27-11-15-31(16-12-27)39(32-17-13-28(2)14-18-32)46-38(51)26-54-34-21-19-33(20-22-34)40(36-24-23-35(52-4)25-37(36)53-5)47-43-49-41(44)48-42(50-43)45-29(3)30-9-7-6-8-10-30/h6-25,29,39-40H,26H2,1-5H3,(H,46,51)(H2,45,47,48,49,50)/t29-,40?/m0/s1. The molecule has 0 saturated heterocycles. The maximum atomic E-state index is 13.3. The van der Waals surface area contributed by atoms with Gasteiger partial charge in [0, 0.05) is 11.6 Å². The second kappa shape index (κ2) is 17.6. The highest BCUT2D eigenvalue weighted by Crippen LogP contribution is 2.36. The molecule has 3 N–H and O–H groups in total. The van der Waals surface area contributed by atoms with Crippen LogP contribution >= 0.6 is 11.6 Å². The van der Waals surface area contributed by atoms with Crippen molar-refractivity contribution in [3.8, 4) is 17.2 Å². The summed E-state index contributed by atoms with van der Waals surface area (Å²) in [6, 6.07) is 38.5. The molecule has 6 rings (SSSR count). The second-order valence-corrected chi connectivity index (χ2v) is 13.2. The number of aryl methyl sites for hydroxylation is 2. The van der Waals surface area contributed by atoms with Crippen LogP contribution in [0.1, 0.15) is 64.0 Å². The molecule has 0 aliphatic carbocycles. The molecule has 5 aromatic carbocycles. The third-order valence-electron chi connectivity index (χ3n) is 8.99. The van der Waals surface area contributed by atoms with Gasteiger partial charge in [-0.25, -0.2) is 0 Å². The molecule has 0 aliphatic rings. The monoisotopic (exact) mass is 742 g/mol. The quantitative estimate of drug-likeness (QED) is 0.0948. The fourth-order valence-corrected chi connectivity index (χ4v) is 6.17. The number of carbonyl (C=O) groups excluding carboxylic acids is 1. The zero-order valence-electron chi connectivity index (χ0n) is 30.8. The summed E-state index contributed by atoms with van der Waals surface area (Å²) in [6.07, 6.45) is 0. The molecule has 0 fully saturated rings. The number of halogens is 1. The smallest absolute Gasteiger partial charge is 0.258 e. The Hall–Kier alpha value is -6.13. The summed E-state index contributed by atoms with van der Waals surface area (Å²) >= 11 is 6.41. The van der Waals surface area contributed by atoms with Crippen LogP contribution in [-0.2, 0) is 4.79 Å². The SMILES string of the molecule is COc1ccc(C(Nc2nc(Cl)nc(N[C@@H](C)c3ccccc3)n2)c2ccc(OCC(=O)NC(c3ccc(C)cc3)c3ccc(C)cc3)cc2)c(OC)c1. The number of hydrogen-bond donors (Lipinski definition) is 3. The maximum absolute atomic E-state index is 13.3. The number of hydrogen-bond acceptors (Lipinski definition) is 9. The first-order valence-electron chi connectivity index (χ1n) is 17.6. The van der Waals surface area contributed by atoms with Gasteiger partial charge in [-0.1, -0.05) is 102 Å². The number of amides is 1. The van der Waals surface area contributed by atoms with Gasteiger partial charge in [0.05, 0.1) is 32.3 Å². The number of ether oxygens (including phenoxy) is 3. The van der Waals surface area contributed by atoms with Crippen LogP contribution in [0.2, 0.25) is 5.28 Å². The molecular formula is C43H43ClN6O4. The van der Waals surface area contributed by atoms with Crippen LogP contribution in [0, 0.1) is 13.8 Å². The molecule has 6 aromatic rings. The minimum absolute atomic E-state index is 0.0322. The maximum Gasteiger partial charge on any atom is 0.258 e. The summed E-state index contributed by atoms with van der Waals surface area (Å²) < 4.78 is 17.2. The van der Waals surface area contributed by atoms with Crippen LogP contribution in [0.5, 0.6) is 17.2 Å². The lowest BCUT2D eigenvalue weighted by Crippen LogP contribution is -2.33. The average molecular weight is 743 g/mol. The van der Waals surface area contributed by atoms with Gasteiger partial charge in [0.25, 0.3) is 5.91 Å². The van der Waals surface area contributed by atoms with Crippen LogP contribution in [-0.4, -0.2) is 41.7 Å². The van der Waals surface area contributed by atoms with Crippen LogP contribution < -0.4 is 30.2 Å². The van der Waals surface area contributed by atoms with Gasteiger partial charge in [-0.2, -0.15) is 15.0 Å². The first-order chi connectivity index (χ1) is 26.2. The molecule has 0 bridgehead atoms. The molecule has 10 nitrogen and oxygen atoms in total. The van der Waals surface area contributed by atoms with Gasteiger partial charge in [-0.05, 0) is 78.9 Å². The highest BCUT2D eigenvalue weighted by Gasteiger charge is 2.22. The molecule has 276 valence electrons. The van der Waals surface area contributed by atoms with Crippen molar-refractivity contribution in [3.63, 3.8) is 0 Å². The number of anilines is 2. The molecule has 1 heterocycles. The predicted molar refractivity (Wildman–Crippen MR) is 213 cm³/mol. The van der Waals surface area contributed by atoms with E-state index in [4.69, 9.17) is 25.8 Å². The Morgan fingerprint density at radius 3 is 1.80 bits per heavy atom. The fourth-order valence-electron chi connectivity index (χ4n) is 6.01. The number of nitrogens with one attached hydrogen (secondary N) is 3. The molecule has 1 unspecified atom stereocenters. The van der Waals surface area contributed by atoms with Crippen LogP contribution in [0.25, 0.3) is 0 Å². The van der Waals surface area contributed by atoms with Gasteiger partial charge in [0.2, 0.25) is 17.2 Å². The van der Waals surface area contributed by atoms with E-state index in [-0.39, 0.29) is 35.8 Å². The molecule has 1 aromatic heterocycles. The Kier molecular flexibility index (Phi) is 12.3. The van der Waals surface area contributed by atoms with E-state index in [9.17, 15) is 4.79 Å². The molecule has 2 atom stereocenters. The Morgan fingerprint density at radius 1 is 0.648 bits per heavy atom. The zero-order valence-corrected chi connectivity index (χ0v) is 31.6. The lowest BCUT2D eigenvalue weighted by Gasteiger charge is -2.23. The van der Waals surface area contributed by atoms with Crippen molar-refractivity contribution < 1.29 is 19.0 Å². The summed E-state index contributed by atoms with van der Waals surface area (Å²) in [4.78, 5) is 26.7. The highest BCUT2D eigenvalue weighted by molar-refractivity contribution is 6.28. The summed E-state index contributed by atoms with van der Waals surface area (Å²) in [5.74, 6) is 2.11. The predicted octanol–water partition coefficient (Wildman–Crippen LogP) is 8.82. The molecular weight excluding hydrogens is 700 g/mol. The number of nitrogens with zero attached hydrogens (tertiary/aromatic N) is 3. The van der Waals surface area contributed by atoms with Crippen molar-refractivity contribution >= 4 is 29.4 Å². The van der Waals surface area contributed by atoms with Gasteiger partial charge >= 0.3 is 0 Å². The van der Waals surface area contributed by atoms with E-state index in [1.54, 1.807) is 14.2 Å². The number of aromatic nitrogens is 3. The summed E-state index contributed by atoms with van der Waals surface area (Å²) in [6.45, 7) is 5.93. The van der Waals surface area contributed by atoms with Crippen LogP contribution in [0.3, 0.4) is 0 Å². The molecule has 11 heteroatoms. The van der Waals surface area contributed by atoms with Gasteiger partial charge < -0.3 is 30.2 Å². The summed E-state index contributed by atoms with van der Waals surface area (Å²) in [7, 11) is 3.21. The Balaban J connectivity index is 1.21. The third-order valence-corrected chi connectivity index (χ3v) is 9.16. The van der Waals surface area contributed by atoms with Crippen molar-refractivity contribution in [1.29, 1.82) is 0 Å². The van der Waals surface area contributed by atoms with Crippen molar-refractivity contribution in [2.75, 3.05) is 31.5 Å².